The summed E-state index contributed by atoms with van der Waals surface area (Å²) < 4.78 is 0. The first-order valence-corrected chi connectivity index (χ1v) is 3.99. The molecule has 1 nitrogen and oxygen atoms in total. The van der Waals surface area contributed by atoms with Gasteiger partial charge in [-0.2, -0.15) is 0 Å². The number of benzene rings is 1. The SMILES string of the molecule is CN(C)C#CCc1ccccc1. The highest BCUT2D eigenvalue weighted by Gasteiger charge is 1.84. The van der Waals surface area contributed by atoms with Crippen LogP contribution in [0.4, 0.5) is 0 Å². The number of hydrogen-bond acceptors (Lipinski definition) is 1. The summed E-state index contributed by atoms with van der Waals surface area (Å²) in [6.45, 7) is 0. The highest BCUT2D eigenvalue weighted by atomic mass is 15.0. The van der Waals surface area contributed by atoms with E-state index < -0.39 is 0 Å². The Labute approximate surface area is 74.0 Å². The van der Waals surface area contributed by atoms with Crippen LogP contribution in [0.5, 0.6) is 0 Å². The van der Waals surface area contributed by atoms with Gasteiger partial charge >= 0.3 is 0 Å². The van der Waals surface area contributed by atoms with Gasteiger partial charge in [0.1, 0.15) is 0 Å². The lowest BCUT2D eigenvalue weighted by Gasteiger charge is -1.97. The van der Waals surface area contributed by atoms with Gasteiger partial charge in [-0.3, -0.25) is 0 Å². The monoisotopic (exact) mass is 159 g/mol. The fourth-order valence-corrected chi connectivity index (χ4v) is 0.896. The van der Waals surface area contributed by atoms with E-state index in [4.69, 9.17) is 0 Å². The predicted octanol–water partition coefficient (Wildman–Crippen LogP) is 1.75. The maximum atomic E-state index is 3.08. The van der Waals surface area contributed by atoms with Gasteiger partial charge in [-0.05, 0) is 5.56 Å². The standard InChI is InChI=1S/C11H13N/c1-12(2)10-6-9-11-7-4-3-5-8-11/h3-5,7-8H,9H2,1-2H3. The molecule has 0 aliphatic rings. The van der Waals surface area contributed by atoms with Crippen molar-refractivity contribution in [1.82, 2.24) is 4.90 Å². The van der Waals surface area contributed by atoms with Crippen LogP contribution in [0.25, 0.3) is 0 Å². The van der Waals surface area contributed by atoms with E-state index in [2.05, 4.69) is 24.1 Å². The lowest BCUT2D eigenvalue weighted by molar-refractivity contribution is 0.597. The lowest BCUT2D eigenvalue weighted by atomic mass is 10.2. The van der Waals surface area contributed by atoms with Crippen LogP contribution in [0.2, 0.25) is 0 Å². The second-order valence-corrected chi connectivity index (χ2v) is 2.85. The summed E-state index contributed by atoms with van der Waals surface area (Å²) in [4.78, 5) is 1.86. The Morgan fingerprint density at radius 2 is 1.83 bits per heavy atom. The fraction of sp³-hybridized carbons (Fsp3) is 0.273. The van der Waals surface area contributed by atoms with E-state index >= 15 is 0 Å². The molecule has 0 unspecified atom stereocenters. The van der Waals surface area contributed by atoms with E-state index in [9.17, 15) is 0 Å². The van der Waals surface area contributed by atoms with Gasteiger partial charge < -0.3 is 4.90 Å². The van der Waals surface area contributed by atoms with Gasteiger partial charge in [-0.1, -0.05) is 36.3 Å². The molecule has 1 aromatic rings. The van der Waals surface area contributed by atoms with Crippen LogP contribution < -0.4 is 0 Å². The van der Waals surface area contributed by atoms with Crippen molar-refractivity contribution in [3.63, 3.8) is 0 Å². The van der Waals surface area contributed by atoms with Gasteiger partial charge in [0.15, 0.2) is 0 Å². The molecule has 0 aliphatic carbocycles. The topological polar surface area (TPSA) is 3.24 Å². The third kappa shape index (κ3) is 3.12. The molecular formula is C11H13N. The third-order valence-corrected chi connectivity index (χ3v) is 1.44. The van der Waals surface area contributed by atoms with Gasteiger partial charge in [0.2, 0.25) is 0 Å². The summed E-state index contributed by atoms with van der Waals surface area (Å²) in [5.74, 6) is 3.08. The van der Waals surface area contributed by atoms with E-state index in [-0.39, 0.29) is 0 Å². The molecule has 0 radical (unpaired) electrons. The van der Waals surface area contributed by atoms with Crippen LogP contribution in [-0.4, -0.2) is 19.0 Å². The molecule has 0 saturated carbocycles. The van der Waals surface area contributed by atoms with Crippen LogP contribution in [0.15, 0.2) is 30.3 Å². The Kier molecular flexibility index (Phi) is 3.22. The first-order valence-electron chi connectivity index (χ1n) is 3.99. The summed E-state index contributed by atoms with van der Waals surface area (Å²) in [6, 6.07) is 13.2. The summed E-state index contributed by atoms with van der Waals surface area (Å²) in [7, 11) is 3.88. The largest absolute Gasteiger partial charge is 0.339 e. The molecule has 0 bridgehead atoms. The van der Waals surface area contributed by atoms with Crippen LogP contribution in [0.1, 0.15) is 5.56 Å². The van der Waals surface area contributed by atoms with E-state index in [1.807, 2.05) is 37.2 Å². The van der Waals surface area contributed by atoms with E-state index in [0.29, 0.717) is 0 Å². The molecule has 0 amide bonds. The highest BCUT2D eigenvalue weighted by Crippen LogP contribution is 1.97. The molecule has 1 rings (SSSR count). The molecule has 0 aromatic heterocycles. The van der Waals surface area contributed by atoms with Crippen molar-refractivity contribution in [3.8, 4) is 12.0 Å². The Morgan fingerprint density at radius 3 is 2.42 bits per heavy atom. The number of hydrogen-bond donors (Lipinski definition) is 0. The summed E-state index contributed by atoms with van der Waals surface area (Å²) >= 11 is 0. The molecule has 1 aromatic carbocycles. The quantitative estimate of drug-likeness (QED) is 0.446. The van der Waals surface area contributed by atoms with Crippen molar-refractivity contribution in [3.05, 3.63) is 35.9 Å². The van der Waals surface area contributed by atoms with Crippen LogP contribution in [-0.2, 0) is 6.42 Å². The van der Waals surface area contributed by atoms with Crippen molar-refractivity contribution in [2.75, 3.05) is 14.1 Å². The minimum atomic E-state index is 0.832. The number of rotatable bonds is 1. The highest BCUT2D eigenvalue weighted by molar-refractivity contribution is 5.20. The maximum absolute atomic E-state index is 3.08. The van der Waals surface area contributed by atoms with Crippen LogP contribution in [0, 0.1) is 12.0 Å². The molecular weight excluding hydrogens is 146 g/mol. The average molecular weight is 159 g/mol. The molecule has 0 aliphatic heterocycles. The normalized spacial score (nSPS) is 8.50. The molecule has 0 fully saturated rings. The van der Waals surface area contributed by atoms with E-state index in [1.54, 1.807) is 0 Å². The summed E-state index contributed by atoms with van der Waals surface area (Å²) in [5, 5.41) is 0. The Balaban J connectivity index is 2.51. The lowest BCUT2D eigenvalue weighted by Crippen LogP contribution is -2.01. The molecule has 62 valence electrons. The summed E-state index contributed by atoms with van der Waals surface area (Å²) in [6.07, 6.45) is 0.832. The first kappa shape index (κ1) is 8.67. The molecule has 1 heteroatoms. The Bertz CT molecular complexity index is 277. The zero-order valence-electron chi connectivity index (χ0n) is 7.54. The van der Waals surface area contributed by atoms with Gasteiger partial charge in [-0.15, -0.1) is 0 Å². The molecule has 0 heterocycles. The van der Waals surface area contributed by atoms with E-state index in [1.165, 1.54) is 5.56 Å². The predicted molar refractivity (Wildman–Crippen MR) is 51.6 cm³/mol. The van der Waals surface area contributed by atoms with Gasteiger partial charge in [0.25, 0.3) is 0 Å². The fourth-order valence-electron chi connectivity index (χ4n) is 0.896. The smallest absolute Gasteiger partial charge is 0.0358 e. The Morgan fingerprint density at radius 1 is 1.17 bits per heavy atom. The minimum absolute atomic E-state index is 0.832. The van der Waals surface area contributed by atoms with Crippen molar-refractivity contribution < 1.29 is 0 Å². The van der Waals surface area contributed by atoms with Crippen molar-refractivity contribution in [1.29, 1.82) is 0 Å². The van der Waals surface area contributed by atoms with Crippen LogP contribution in [0.3, 0.4) is 0 Å². The van der Waals surface area contributed by atoms with Gasteiger partial charge in [0.05, 0.1) is 0 Å². The Hall–Kier alpha value is -1.42. The molecule has 0 spiro atoms. The zero-order chi connectivity index (χ0) is 8.81. The first-order chi connectivity index (χ1) is 5.79. The van der Waals surface area contributed by atoms with Crippen molar-refractivity contribution >= 4 is 0 Å². The molecule has 12 heavy (non-hydrogen) atoms. The van der Waals surface area contributed by atoms with E-state index in [0.717, 1.165) is 6.42 Å². The summed E-state index contributed by atoms with van der Waals surface area (Å²) in [5.41, 5.74) is 1.27. The molecule has 0 N–H and O–H groups in total. The maximum Gasteiger partial charge on any atom is 0.0358 e. The van der Waals surface area contributed by atoms with Crippen molar-refractivity contribution in [2.24, 2.45) is 0 Å². The van der Waals surface area contributed by atoms with Crippen molar-refractivity contribution in [2.45, 2.75) is 6.42 Å². The van der Waals surface area contributed by atoms with Crippen LogP contribution >= 0.6 is 0 Å². The zero-order valence-corrected chi connectivity index (χ0v) is 7.54. The molecule has 0 atom stereocenters. The average Bonchev–Trinajstić information content (AvgIpc) is 2.05. The second-order valence-electron chi connectivity index (χ2n) is 2.85. The number of nitrogens with zero attached hydrogens (tertiary/aromatic N) is 1. The van der Waals surface area contributed by atoms with Gasteiger partial charge in [-0.25, -0.2) is 0 Å². The van der Waals surface area contributed by atoms with Gasteiger partial charge in [0, 0.05) is 26.6 Å². The molecule has 0 saturated heterocycles. The second kappa shape index (κ2) is 4.46. The third-order valence-electron chi connectivity index (χ3n) is 1.44. The minimum Gasteiger partial charge on any atom is -0.339 e.